The van der Waals surface area contributed by atoms with Gasteiger partial charge in [0, 0.05) is 30.5 Å². The van der Waals surface area contributed by atoms with Crippen molar-refractivity contribution in [2.24, 2.45) is 0 Å². The fraction of sp³-hybridized carbons (Fsp3) is 0.600. The van der Waals surface area contributed by atoms with Crippen molar-refractivity contribution in [1.29, 1.82) is 0 Å². The van der Waals surface area contributed by atoms with Crippen LogP contribution in [-0.2, 0) is 5.41 Å². The Kier molecular flexibility index (Phi) is 5.28. The second-order valence-electron chi connectivity index (χ2n) is 4.69. The molecule has 5 nitrogen and oxygen atoms in total. The number of alkyl halides is 3. The molecule has 19 heavy (non-hydrogen) atoms. The van der Waals surface area contributed by atoms with Gasteiger partial charge in [-0.15, -0.1) is 0 Å². The molecule has 0 saturated heterocycles. The molecular formula is C10H14Cl3N3O2S. The zero-order valence-electron chi connectivity index (χ0n) is 10.8. The van der Waals surface area contributed by atoms with Crippen LogP contribution in [0.15, 0.2) is 10.6 Å². The number of aromatic nitrogens is 1. The zero-order valence-corrected chi connectivity index (χ0v) is 13.9. The van der Waals surface area contributed by atoms with Gasteiger partial charge in [0.2, 0.25) is 0 Å². The minimum absolute atomic E-state index is 0.232. The summed E-state index contributed by atoms with van der Waals surface area (Å²) in [6.45, 7) is 5.89. The molecule has 1 aromatic rings. The minimum Gasteiger partial charge on any atom is -0.359 e. The van der Waals surface area contributed by atoms with E-state index in [1.165, 1.54) is 7.05 Å². The molecule has 1 N–H and O–H groups in total. The van der Waals surface area contributed by atoms with Gasteiger partial charge in [0.25, 0.3) is 3.12 Å². The summed E-state index contributed by atoms with van der Waals surface area (Å²) < 4.78 is 4.65. The van der Waals surface area contributed by atoms with Crippen LogP contribution in [0.2, 0.25) is 0 Å². The Hall–Kier alpha value is -0.300. The highest BCUT2D eigenvalue weighted by Crippen LogP contribution is 2.43. The minimum atomic E-state index is -1.69. The molecule has 0 aliphatic carbocycles. The molecule has 0 saturated carbocycles. The molecule has 9 heteroatoms. The topological polar surface area (TPSA) is 58.4 Å². The number of hydrogen-bond donors (Lipinski definition) is 1. The molecule has 0 aliphatic heterocycles. The van der Waals surface area contributed by atoms with Crippen LogP contribution in [0.5, 0.6) is 0 Å². The van der Waals surface area contributed by atoms with Gasteiger partial charge in [-0.3, -0.25) is 0 Å². The SMILES string of the molecule is CNC(=O)N(SC(Cl)(Cl)Cl)c1cc(C(C)(C)C)on1. The normalized spacial score (nSPS) is 12.4. The fourth-order valence-corrected chi connectivity index (χ4v) is 2.29. The molecule has 1 aromatic heterocycles. The highest BCUT2D eigenvalue weighted by molar-refractivity contribution is 8.06. The van der Waals surface area contributed by atoms with Crippen molar-refractivity contribution in [1.82, 2.24) is 10.5 Å². The van der Waals surface area contributed by atoms with Crippen molar-refractivity contribution in [3.8, 4) is 0 Å². The number of nitrogens with zero attached hydrogens (tertiary/aromatic N) is 2. The number of rotatable bonds is 2. The average molecular weight is 347 g/mol. The molecule has 0 aliphatic rings. The average Bonchev–Trinajstić information content (AvgIpc) is 2.72. The molecular weight excluding hydrogens is 333 g/mol. The predicted molar refractivity (Wildman–Crippen MR) is 80.0 cm³/mol. The lowest BCUT2D eigenvalue weighted by Gasteiger charge is -2.21. The van der Waals surface area contributed by atoms with Crippen LogP contribution in [0.1, 0.15) is 26.5 Å². The molecule has 1 heterocycles. The van der Waals surface area contributed by atoms with Gasteiger partial charge in [0.05, 0.1) is 0 Å². The Labute approximate surface area is 131 Å². The number of halogens is 3. The van der Waals surface area contributed by atoms with E-state index in [-0.39, 0.29) is 11.2 Å². The summed E-state index contributed by atoms with van der Waals surface area (Å²) in [4.78, 5) is 11.8. The number of hydrogen-bond acceptors (Lipinski definition) is 4. The standard InChI is InChI=1S/C10H14Cl3N3O2S/c1-9(2,3)6-5-7(15-18-6)16(8(17)14-4)19-10(11,12)13/h5H,1-4H3,(H,14,17). The van der Waals surface area contributed by atoms with Gasteiger partial charge in [-0.25, -0.2) is 9.10 Å². The number of carbonyl (C=O) groups is 1. The first-order valence-electron chi connectivity index (χ1n) is 5.29. The molecule has 0 atom stereocenters. The number of amides is 2. The van der Waals surface area contributed by atoms with Crippen LogP contribution in [0.3, 0.4) is 0 Å². The summed E-state index contributed by atoms with van der Waals surface area (Å²) >= 11 is 17.8. The first-order valence-corrected chi connectivity index (χ1v) is 7.20. The second-order valence-corrected chi connectivity index (χ2v) is 8.80. The lowest BCUT2D eigenvalue weighted by molar-refractivity contribution is 0.251. The third-order valence-corrected chi connectivity index (χ3v) is 3.40. The second kappa shape index (κ2) is 5.99. The molecule has 0 spiro atoms. The number of carbonyl (C=O) groups excluding carboxylic acids is 1. The van der Waals surface area contributed by atoms with Crippen molar-refractivity contribution < 1.29 is 9.32 Å². The van der Waals surface area contributed by atoms with Crippen molar-refractivity contribution in [3.63, 3.8) is 0 Å². The molecule has 108 valence electrons. The van der Waals surface area contributed by atoms with Gasteiger partial charge in [0.15, 0.2) is 5.82 Å². The summed E-state index contributed by atoms with van der Waals surface area (Å²) in [5.74, 6) is 0.891. The van der Waals surface area contributed by atoms with Gasteiger partial charge >= 0.3 is 6.03 Å². The number of nitrogens with one attached hydrogen (secondary N) is 1. The summed E-state index contributed by atoms with van der Waals surface area (Å²) in [7, 11) is 1.47. The third kappa shape index (κ3) is 4.95. The monoisotopic (exact) mass is 345 g/mol. The first kappa shape index (κ1) is 16.8. The van der Waals surface area contributed by atoms with Crippen LogP contribution in [0, 0.1) is 0 Å². The zero-order chi connectivity index (χ0) is 14.8. The Bertz CT molecular complexity index is 454. The van der Waals surface area contributed by atoms with Crippen LogP contribution in [0.4, 0.5) is 10.6 Å². The maximum atomic E-state index is 11.8. The van der Waals surface area contributed by atoms with Crippen LogP contribution < -0.4 is 9.62 Å². The Morgan fingerprint density at radius 3 is 2.37 bits per heavy atom. The van der Waals surface area contributed by atoms with Crippen molar-refractivity contribution in [2.75, 3.05) is 11.4 Å². The number of urea groups is 1. The highest BCUT2D eigenvalue weighted by Gasteiger charge is 2.32. The smallest absolute Gasteiger partial charge is 0.333 e. The fourth-order valence-electron chi connectivity index (χ4n) is 1.11. The summed E-state index contributed by atoms with van der Waals surface area (Å²) in [5.41, 5.74) is -0.232. The molecule has 1 rings (SSSR count). The van der Waals surface area contributed by atoms with Gasteiger partial charge in [-0.05, 0) is 0 Å². The number of anilines is 1. The van der Waals surface area contributed by atoms with E-state index in [0.717, 1.165) is 4.31 Å². The lowest BCUT2D eigenvalue weighted by atomic mass is 9.93. The van der Waals surface area contributed by atoms with Crippen molar-refractivity contribution in [2.45, 2.75) is 29.3 Å². The van der Waals surface area contributed by atoms with Crippen molar-refractivity contribution in [3.05, 3.63) is 11.8 Å². The van der Waals surface area contributed by atoms with E-state index in [1.807, 2.05) is 20.8 Å². The van der Waals surface area contributed by atoms with Crippen LogP contribution in [-0.4, -0.2) is 21.4 Å². The Morgan fingerprint density at radius 2 is 2.00 bits per heavy atom. The predicted octanol–water partition coefficient (Wildman–Crippen LogP) is 4.09. The van der Waals surface area contributed by atoms with E-state index in [4.69, 9.17) is 39.3 Å². The Morgan fingerprint density at radius 1 is 1.42 bits per heavy atom. The van der Waals surface area contributed by atoms with E-state index in [1.54, 1.807) is 6.07 Å². The van der Waals surface area contributed by atoms with E-state index < -0.39 is 9.16 Å². The molecule has 0 bridgehead atoms. The van der Waals surface area contributed by atoms with E-state index in [9.17, 15) is 4.79 Å². The molecule has 0 radical (unpaired) electrons. The summed E-state index contributed by atoms with van der Waals surface area (Å²) in [6, 6.07) is 1.17. The van der Waals surface area contributed by atoms with Gasteiger partial charge in [-0.1, -0.05) is 60.7 Å². The van der Waals surface area contributed by atoms with Gasteiger partial charge in [-0.2, -0.15) is 0 Å². The molecule has 0 unspecified atom stereocenters. The first-order chi connectivity index (χ1) is 8.54. The molecule has 0 aromatic carbocycles. The maximum absolute atomic E-state index is 11.8. The summed E-state index contributed by atoms with van der Waals surface area (Å²) in [5, 5.41) is 6.27. The quantitative estimate of drug-likeness (QED) is 0.647. The third-order valence-electron chi connectivity index (χ3n) is 2.04. The van der Waals surface area contributed by atoms with Gasteiger partial charge in [0.1, 0.15) is 5.76 Å². The highest BCUT2D eigenvalue weighted by atomic mass is 35.6. The summed E-state index contributed by atoms with van der Waals surface area (Å²) in [6.07, 6.45) is 0. The Balaban J connectivity index is 3.05. The lowest BCUT2D eigenvalue weighted by Crippen LogP contribution is -2.35. The van der Waals surface area contributed by atoms with Crippen LogP contribution >= 0.6 is 46.8 Å². The van der Waals surface area contributed by atoms with Crippen LogP contribution in [0.25, 0.3) is 0 Å². The van der Waals surface area contributed by atoms with Crippen molar-refractivity contribution >= 4 is 58.6 Å². The largest absolute Gasteiger partial charge is 0.359 e. The van der Waals surface area contributed by atoms with E-state index >= 15 is 0 Å². The molecule has 0 fully saturated rings. The molecule has 2 amide bonds. The van der Waals surface area contributed by atoms with E-state index in [0.29, 0.717) is 17.7 Å². The maximum Gasteiger partial charge on any atom is 0.333 e. The van der Waals surface area contributed by atoms with E-state index in [2.05, 4.69) is 10.5 Å². The van der Waals surface area contributed by atoms with Gasteiger partial charge < -0.3 is 9.84 Å².